The number of benzene rings is 2. The number of aromatic nitrogens is 1. The van der Waals surface area contributed by atoms with Crippen LogP contribution in [0.5, 0.6) is 0 Å². The Hall–Kier alpha value is -3.99. The summed E-state index contributed by atoms with van der Waals surface area (Å²) in [5.74, 6) is -2.28. The molecule has 3 aromatic rings. The molecule has 1 aliphatic carbocycles. The van der Waals surface area contributed by atoms with Gasteiger partial charge in [-0.25, -0.2) is 4.39 Å². The predicted molar refractivity (Wildman–Crippen MR) is 175 cm³/mol. The Morgan fingerprint density at radius 1 is 1.00 bits per heavy atom. The van der Waals surface area contributed by atoms with Crippen LogP contribution in [-0.4, -0.2) is 46.1 Å². The molecule has 0 unspecified atom stereocenters. The highest BCUT2D eigenvalue weighted by Crippen LogP contribution is 2.39. The maximum Gasteiger partial charge on any atom is 0.416 e. The zero-order valence-electron chi connectivity index (χ0n) is 27.8. The van der Waals surface area contributed by atoms with Crippen molar-refractivity contribution in [2.75, 3.05) is 19.6 Å². The number of amides is 1. The van der Waals surface area contributed by atoms with Crippen molar-refractivity contribution in [2.45, 2.75) is 90.9 Å². The number of nitrogens with one attached hydrogen (secondary N) is 1. The minimum atomic E-state index is -4.74. The molecular weight excluding hydrogens is 626 g/mol. The molecule has 2 heterocycles. The summed E-state index contributed by atoms with van der Waals surface area (Å²) in [6.07, 6.45) is -0.371. The van der Waals surface area contributed by atoms with E-state index in [4.69, 9.17) is 0 Å². The van der Waals surface area contributed by atoms with Gasteiger partial charge in [0, 0.05) is 18.8 Å². The number of alkyl halides is 3. The fourth-order valence-electron chi connectivity index (χ4n) is 7.16. The van der Waals surface area contributed by atoms with Crippen LogP contribution in [0.2, 0.25) is 0 Å². The van der Waals surface area contributed by atoms with Crippen molar-refractivity contribution >= 4 is 11.9 Å². The van der Waals surface area contributed by atoms with Gasteiger partial charge in [-0.05, 0) is 134 Å². The molecule has 1 saturated heterocycles. The van der Waals surface area contributed by atoms with E-state index >= 15 is 0 Å². The first-order valence-electron chi connectivity index (χ1n) is 16.6. The Morgan fingerprint density at radius 3 is 2.27 bits per heavy atom. The van der Waals surface area contributed by atoms with Crippen molar-refractivity contribution in [1.82, 2.24) is 14.8 Å². The maximum atomic E-state index is 14.2. The van der Waals surface area contributed by atoms with Crippen LogP contribution in [0.1, 0.15) is 90.6 Å². The number of pyridine rings is 1. The van der Waals surface area contributed by atoms with Crippen LogP contribution < -0.4 is 10.9 Å². The van der Waals surface area contributed by atoms with Crippen molar-refractivity contribution in [3.8, 4) is 11.1 Å². The smallest absolute Gasteiger partial charge is 0.416 e. The van der Waals surface area contributed by atoms with Crippen LogP contribution in [0.25, 0.3) is 11.1 Å². The van der Waals surface area contributed by atoms with Crippen LogP contribution in [0, 0.1) is 25.6 Å². The molecule has 0 spiro atoms. The van der Waals surface area contributed by atoms with Crippen LogP contribution in [0.15, 0.2) is 41.3 Å². The van der Waals surface area contributed by atoms with Gasteiger partial charge in [0.2, 0.25) is 5.91 Å². The van der Waals surface area contributed by atoms with E-state index in [-0.39, 0.29) is 30.1 Å². The molecule has 48 heavy (non-hydrogen) atoms. The van der Waals surface area contributed by atoms with E-state index in [2.05, 4.69) is 5.32 Å². The second kappa shape index (κ2) is 14.2. The molecule has 2 aliphatic rings. The topological polar surface area (TPSA) is 91.6 Å². The normalized spacial score (nSPS) is 16.0. The van der Waals surface area contributed by atoms with Crippen molar-refractivity contribution in [3.63, 3.8) is 0 Å². The summed E-state index contributed by atoms with van der Waals surface area (Å²) >= 11 is 0. The van der Waals surface area contributed by atoms with E-state index < -0.39 is 47.7 Å². The molecular formula is C37H43F4N3O4. The van der Waals surface area contributed by atoms with Crippen LogP contribution in [0.3, 0.4) is 0 Å². The van der Waals surface area contributed by atoms with Crippen molar-refractivity contribution < 1.29 is 32.3 Å². The average molecular weight is 670 g/mol. The summed E-state index contributed by atoms with van der Waals surface area (Å²) in [5.41, 5.74) is 3.87. The van der Waals surface area contributed by atoms with Gasteiger partial charge < -0.3 is 19.9 Å². The number of halogens is 4. The van der Waals surface area contributed by atoms with E-state index in [1.807, 2.05) is 44.7 Å². The zero-order valence-corrected chi connectivity index (χ0v) is 27.8. The maximum absolute atomic E-state index is 14.2. The average Bonchev–Trinajstić information content (AvgIpc) is 3.43. The Morgan fingerprint density at radius 2 is 1.69 bits per heavy atom. The molecule has 1 aromatic heterocycles. The number of hydrogen-bond donors (Lipinski definition) is 2. The van der Waals surface area contributed by atoms with Gasteiger partial charge in [-0.3, -0.25) is 14.4 Å². The molecule has 1 amide bonds. The summed E-state index contributed by atoms with van der Waals surface area (Å²) in [5, 5.41) is 12.8. The Labute approximate surface area is 278 Å². The first-order valence-corrected chi connectivity index (χ1v) is 16.6. The second-order valence-corrected chi connectivity index (χ2v) is 13.7. The predicted octanol–water partition coefficient (Wildman–Crippen LogP) is 6.95. The Bertz CT molecular complexity index is 1740. The lowest BCUT2D eigenvalue weighted by atomic mass is 9.87. The van der Waals surface area contributed by atoms with Gasteiger partial charge >= 0.3 is 12.1 Å². The molecule has 7 nitrogen and oxygen atoms in total. The number of carbonyl (C=O) groups excluding carboxylic acids is 1. The minimum absolute atomic E-state index is 0.0624. The highest BCUT2D eigenvalue weighted by molar-refractivity contribution is 5.82. The van der Waals surface area contributed by atoms with Gasteiger partial charge in [0.15, 0.2) is 0 Å². The first-order chi connectivity index (χ1) is 22.6. The Kier molecular flexibility index (Phi) is 10.5. The molecule has 0 saturated carbocycles. The summed E-state index contributed by atoms with van der Waals surface area (Å²) in [7, 11) is 0. The first kappa shape index (κ1) is 35.3. The number of carboxylic acid groups (broad SMARTS) is 1. The largest absolute Gasteiger partial charge is 0.481 e. The summed E-state index contributed by atoms with van der Waals surface area (Å²) < 4.78 is 57.4. The van der Waals surface area contributed by atoms with Crippen LogP contribution in [-0.2, 0) is 35.0 Å². The number of likely N-dealkylation sites (tertiary alicyclic amines) is 1. The quantitative estimate of drug-likeness (QED) is 0.204. The lowest BCUT2D eigenvalue weighted by Gasteiger charge is -2.31. The van der Waals surface area contributed by atoms with Gasteiger partial charge in [0.05, 0.1) is 18.0 Å². The highest BCUT2D eigenvalue weighted by atomic mass is 19.4. The number of fused-ring (bicyclic) bond motifs is 1. The molecule has 2 N–H and O–H groups in total. The molecule has 2 aromatic carbocycles. The fraction of sp³-hybridized carbons (Fsp3) is 0.486. The number of carboxylic acids is 1. The third-order valence-corrected chi connectivity index (χ3v) is 9.55. The standard InChI is InChI=1S/C37H43F4N3O4/c1-21(2)13-32(44-20-25(9-12-43-10-6-11-43)30(18-33(44)45)37(39,40)41)36(48)42-31(19-34(46)47)26-16-24-7-5-8-28(24)29(17-26)35-22(3)14-27(38)15-23(35)4/h14-18,20-21,31-32H,5-13,19H2,1-4H3,(H,42,48)(H,46,47)/t31-,32-/m0/s1. The van der Waals surface area contributed by atoms with E-state index in [0.29, 0.717) is 18.2 Å². The van der Waals surface area contributed by atoms with Crippen molar-refractivity contribution in [1.29, 1.82) is 0 Å². The van der Waals surface area contributed by atoms with E-state index in [9.17, 15) is 37.1 Å². The van der Waals surface area contributed by atoms with E-state index in [1.165, 1.54) is 12.1 Å². The number of carbonyl (C=O) groups is 2. The van der Waals surface area contributed by atoms with E-state index in [1.54, 1.807) is 0 Å². The van der Waals surface area contributed by atoms with Gasteiger partial charge in [-0.15, -0.1) is 0 Å². The molecule has 1 aliphatic heterocycles. The lowest BCUT2D eigenvalue weighted by Crippen LogP contribution is -2.41. The van der Waals surface area contributed by atoms with Gasteiger partial charge in [0.25, 0.3) is 5.56 Å². The molecule has 11 heteroatoms. The summed E-state index contributed by atoms with van der Waals surface area (Å²) in [6, 6.07) is 5.10. The van der Waals surface area contributed by atoms with Gasteiger partial charge in [-0.2, -0.15) is 13.2 Å². The molecule has 0 radical (unpaired) electrons. The van der Waals surface area contributed by atoms with Crippen LogP contribution in [0.4, 0.5) is 17.6 Å². The number of rotatable bonds is 12. The Balaban J connectivity index is 1.55. The fourth-order valence-corrected chi connectivity index (χ4v) is 7.16. The van der Waals surface area contributed by atoms with Gasteiger partial charge in [-0.1, -0.05) is 19.9 Å². The molecule has 1 fully saturated rings. The monoisotopic (exact) mass is 669 g/mol. The third kappa shape index (κ3) is 7.83. The van der Waals surface area contributed by atoms with Crippen molar-refractivity contribution in [3.05, 3.63) is 91.6 Å². The summed E-state index contributed by atoms with van der Waals surface area (Å²) in [4.78, 5) is 41.6. The van der Waals surface area contributed by atoms with Gasteiger partial charge in [0.1, 0.15) is 11.9 Å². The third-order valence-electron chi connectivity index (χ3n) is 9.55. The number of aryl methyl sites for hydroxylation is 3. The van der Waals surface area contributed by atoms with Crippen LogP contribution >= 0.6 is 0 Å². The molecule has 5 rings (SSSR count). The zero-order chi connectivity index (χ0) is 34.9. The van der Waals surface area contributed by atoms with E-state index in [0.717, 1.165) is 82.9 Å². The molecule has 2 atom stereocenters. The number of nitrogens with zero attached hydrogens (tertiary/aromatic N) is 2. The summed E-state index contributed by atoms with van der Waals surface area (Å²) in [6.45, 7) is 9.34. The number of hydrogen-bond acceptors (Lipinski definition) is 4. The highest BCUT2D eigenvalue weighted by Gasteiger charge is 2.36. The lowest BCUT2D eigenvalue weighted by molar-refractivity contribution is -0.139. The van der Waals surface area contributed by atoms with Crippen molar-refractivity contribution in [2.24, 2.45) is 5.92 Å². The minimum Gasteiger partial charge on any atom is -0.481 e. The second-order valence-electron chi connectivity index (χ2n) is 13.7. The molecule has 258 valence electrons. The number of aliphatic carboxylic acids is 1. The SMILES string of the molecule is Cc1cc(F)cc(C)c1-c1cc([C@H](CC(=O)O)NC(=O)[C@H](CC(C)C)n2cc(CCN3CCC3)c(C(F)(F)F)cc2=O)cc2c1CCC2. The molecule has 0 bridgehead atoms.